The number of hydrogen-bond donors (Lipinski definition) is 0. The highest BCUT2D eigenvalue weighted by molar-refractivity contribution is 7.89. The molecular formula is C17H19NO4S. The van der Waals surface area contributed by atoms with E-state index in [0.717, 1.165) is 0 Å². The van der Waals surface area contributed by atoms with Crippen LogP contribution in [0.2, 0.25) is 0 Å². The first-order valence-corrected chi connectivity index (χ1v) is 8.99. The molecule has 1 aliphatic heterocycles. The Morgan fingerprint density at radius 2 is 1.70 bits per heavy atom. The number of para-hydroxylation sites is 2. The molecule has 0 unspecified atom stereocenters. The molecule has 1 aliphatic rings. The second-order valence-electron chi connectivity index (χ2n) is 5.27. The Morgan fingerprint density at radius 3 is 2.39 bits per heavy atom. The van der Waals surface area contributed by atoms with Crippen molar-refractivity contribution in [2.45, 2.75) is 17.9 Å². The van der Waals surface area contributed by atoms with Gasteiger partial charge in [0, 0.05) is 6.54 Å². The Labute approximate surface area is 136 Å². The zero-order valence-electron chi connectivity index (χ0n) is 12.9. The van der Waals surface area contributed by atoms with Crippen molar-refractivity contribution in [2.24, 2.45) is 0 Å². The van der Waals surface area contributed by atoms with E-state index < -0.39 is 10.0 Å². The van der Waals surface area contributed by atoms with Gasteiger partial charge in [0.1, 0.15) is 12.7 Å². The molecule has 6 heteroatoms. The number of ether oxygens (including phenoxy) is 2. The average molecular weight is 333 g/mol. The molecule has 0 aromatic heterocycles. The van der Waals surface area contributed by atoms with E-state index in [4.69, 9.17) is 9.47 Å². The van der Waals surface area contributed by atoms with Crippen LogP contribution in [0.4, 0.5) is 0 Å². The number of sulfonamides is 1. The number of rotatable bonds is 5. The lowest BCUT2D eigenvalue weighted by Gasteiger charge is -2.30. The van der Waals surface area contributed by atoms with E-state index in [2.05, 4.69) is 0 Å². The summed E-state index contributed by atoms with van der Waals surface area (Å²) in [5, 5.41) is 0. The van der Waals surface area contributed by atoms with Gasteiger partial charge in [-0.05, 0) is 24.3 Å². The summed E-state index contributed by atoms with van der Waals surface area (Å²) in [6, 6.07) is 15.8. The van der Waals surface area contributed by atoms with Crippen molar-refractivity contribution in [1.82, 2.24) is 4.31 Å². The van der Waals surface area contributed by atoms with Gasteiger partial charge in [0.2, 0.25) is 10.0 Å². The van der Waals surface area contributed by atoms with Crippen LogP contribution in [0.15, 0.2) is 59.5 Å². The third-order valence-electron chi connectivity index (χ3n) is 3.71. The molecule has 2 aromatic carbocycles. The molecule has 0 spiro atoms. The van der Waals surface area contributed by atoms with Crippen LogP contribution in [0.25, 0.3) is 0 Å². The number of fused-ring (bicyclic) bond motifs is 1. The second-order valence-corrected chi connectivity index (χ2v) is 7.20. The molecule has 0 N–H and O–H groups in total. The van der Waals surface area contributed by atoms with E-state index in [1.165, 1.54) is 4.31 Å². The third kappa shape index (κ3) is 3.33. The Kier molecular flexibility index (Phi) is 4.54. The molecule has 0 aliphatic carbocycles. The molecule has 122 valence electrons. The molecule has 0 amide bonds. The van der Waals surface area contributed by atoms with Crippen molar-refractivity contribution in [3.63, 3.8) is 0 Å². The van der Waals surface area contributed by atoms with Crippen LogP contribution in [0.5, 0.6) is 11.5 Å². The van der Waals surface area contributed by atoms with E-state index >= 15 is 0 Å². The molecule has 3 rings (SSSR count). The van der Waals surface area contributed by atoms with Gasteiger partial charge in [-0.25, -0.2) is 8.42 Å². The standard InChI is InChI=1S/C17H19NO4S/c1-2-18(23(19,20)15-8-4-3-5-9-15)12-14-13-21-16-10-6-7-11-17(16)22-14/h3-11,14H,2,12-13H2,1H3/t14-/m0/s1. The zero-order chi connectivity index (χ0) is 16.3. The number of benzene rings is 2. The first-order chi connectivity index (χ1) is 11.1. The minimum absolute atomic E-state index is 0.252. The van der Waals surface area contributed by atoms with Crippen molar-refractivity contribution < 1.29 is 17.9 Å². The van der Waals surface area contributed by atoms with Crippen molar-refractivity contribution in [2.75, 3.05) is 19.7 Å². The lowest BCUT2D eigenvalue weighted by molar-refractivity contribution is 0.0771. The predicted molar refractivity (Wildman–Crippen MR) is 87.2 cm³/mol. The van der Waals surface area contributed by atoms with Crippen molar-refractivity contribution >= 4 is 10.0 Å². The SMILES string of the molecule is CCN(C[C@H]1COc2ccccc2O1)S(=O)(=O)c1ccccc1. The van der Waals surface area contributed by atoms with Gasteiger partial charge in [-0.3, -0.25) is 0 Å². The number of likely N-dealkylation sites (N-methyl/N-ethyl adjacent to an activating group) is 1. The first kappa shape index (κ1) is 15.8. The van der Waals surface area contributed by atoms with E-state index in [0.29, 0.717) is 29.5 Å². The van der Waals surface area contributed by atoms with Crippen LogP contribution in [-0.4, -0.2) is 38.5 Å². The zero-order valence-corrected chi connectivity index (χ0v) is 13.7. The van der Waals surface area contributed by atoms with E-state index in [1.54, 1.807) is 30.3 Å². The smallest absolute Gasteiger partial charge is 0.243 e. The average Bonchev–Trinajstić information content (AvgIpc) is 2.60. The van der Waals surface area contributed by atoms with E-state index in [9.17, 15) is 8.42 Å². The Balaban J connectivity index is 1.76. The van der Waals surface area contributed by atoms with Crippen LogP contribution < -0.4 is 9.47 Å². The summed E-state index contributed by atoms with van der Waals surface area (Å²) in [4.78, 5) is 0.291. The largest absolute Gasteiger partial charge is 0.486 e. The predicted octanol–water partition coefficient (Wildman–Crippen LogP) is 2.54. The highest BCUT2D eigenvalue weighted by Crippen LogP contribution is 2.31. The summed E-state index contributed by atoms with van der Waals surface area (Å²) in [5.41, 5.74) is 0. The summed E-state index contributed by atoms with van der Waals surface area (Å²) in [6.45, 7) is 2.77. The Bertz CT molecular complexity index is 761. The van der Waals surface area contributed by atoms with Gasteiger partial charge in [0.25, 0.3) is 0 Å². The molecule has 23 heavy (non-hydrogen) atoms. The van der Waals surface area contributed by atoms with Crippen molar-refractivity contribution in [1.29, 1.82) is 0 Å². The molecule has 0 bridgehead atoms. The minimum Gasteiger partial charge on any atom is -0.486 e. The number of hydrogen-bond acceptors (Lipinski definition) is 4. The van der Waals surface area contributed by atoms with Crippen LogP contribution >= 0.6 is 0 Å². The third-order valence-corrected chi connectivity index (χ3v) is 5.66. The summed E-state index contributed by atoms with van der Waals surface area (Å²) < 4.78 is 38.4. The fraction of sp³-hybridized carbons (Fsp3) is 0.294. The van der Waals surface area contributed by atoms with Gasteiger partial charge in [0.05, 0.1) is 11.4 Å². The molecule has 0 fully saturated rings. The fourth-order valence-corrected chi connectivity index (χ4v) is 4.02. The lowest BCUT2D eigenvalue weighted by Crippen LogP contribution is -2.43. The maximum Gasteiger partial charge on any atom is 0.243 e. The first-order valence-electron chi connectivity index (χ1n) is 7.55. The summed E-state index contributed by atoms with van der Waals surface area (Å²) in [7, 11) is -3.53. The van der Waals surface area contributed by atoms with Crippen LogP contribution in [-0.2, 0) is 10.0 Å². The van der Waals surface area contributed by atoms with Gasteiger partial charge >= 0.3 is 0 Å². The van der Waals surface area contributed by atoms with Crippen molar-refractivity contribution in [3.05, 3.63) is 54.6 Å². The molecule has 2 aromatic rings. The molecule has 0 saturated heterocycles. The maximum atomic E-state index is 12.7. The maximum absolute atomic E-state index is 12.7. The topological polar surface area (TPSA) is 55.8 Å². The quantitative estimate of drug-likeness (QED) is 0.844. The van der Waals surface area contributed by atoms with Crippen LogP contribution in [0.1, 0.15) is 6.92 Å². The van der Waals surface area contributed by atoms with Gasteiger partial charge in [0.15, 0.2) is 11.5 Å². The van der Waals surface area contributed by atoms with Gasteiger partial charge in [-0.2, -0.15) is 4.31 Å². The molecule has 0 saturated carbocycles. The fourth-order valence-electron chi connectivity index (χ4n) is 2.52. The molecule has 1 atom stereocenters. The highest BCUT2D eigenvalue weighted by Gasteiger charge is 2.29. The Hall–Kier alpha value is -2.05. The molecule has 1 heterocycles. The van der Waals surface area contributed by atoms with Crippen LogP contribution in [0, 0.1) is 0 Å². The highest BCUT2D eigenvalue weighted by atomic mass is 32.2. The molecule has 5 nitrogen and oxygen atoms in total. The summed E-state index contributed by atoms with van der Waals surface area (Å²) in [5.74, 6) is 1.34. The lowest BCUT2D eigenvalue weighted by atomic mass is 10.2. The van der Waals surface area contributed by atoms with Crippen molar-refractivity contribution in [3.8, 4) is 11.5 Å². The Morgan fingerprint density at radius 1 is 1.04 bits per heavy atom. The normalized spacial score (nSPS) is 17.2. The molecular weight excluding hydrogens is 314 g/mol. The second kappa shape index (κ2) is 6.60. The summed E-state index contributed by atoms with van der Waals surface area (Å²) >= 11 is 0. The number of nitrogens with zero attached hydrogens (tertiary/aromatic N) is 1. The van der Waals surface area contributed by atoms with E-state index in [-0.39, 0.29) is 12.6 Å². The van der Waals surface area contributed by atoms with Gasteiger partial charge in [-0.15, -0.1) is 0 Å². The summed E-state index contributed by atoms with van der Waals surface area (Å²) in [6.07, 6.45) is -0.330. The minimum atomic E-state index is -3.53. The van der Waals surface area contributed by atoms with Gasteiger partial charge < -0.3 is 9.47 Å². The monoisotopic (exact) mass is 333 g/mol. The van der Waals surface area contributed by atoms with Gasteiger partial charge in [-0.1, -0.05) is 37.3 Å². The van der Waals surface area contributed by atoms with Crippen LogP contribution in [0.3, 0.4) is 0 Å². The van der Waals surface area contributed by atoms with E-state index in [1.807, 2.05) is 31.2 Å². The molecule has 0 radical (unpaired) electrons.